The lowest BCUT2D eigenvalue weighted by Crippen LogP contribution is -2.57. The van der Waals surface area contributed by atoms with Crippen LogP contribution < -0.4 is 25.9 Å². The van der Waals surface area contributed by atoms with Gasteiger partial charge in [-0.15, -0.1) is 0 Å². The van der Waals surface area contributed by atoms with E-state index in [1.807, 2.05) is 18.2 Å². The minimum atomic E-state index is 0.174. The third kappa shape index (κ3) is 2.29. The molecule has 3 aromatic rings. The molecule has 0 radical (unpaired) electrons. The molecule has 0 saturated heterocycles. The molecule has 1 fully saturated rings. The monoisotopic (exact) mass is 366 g/mol. The molecule has 0 atom stereocenters. The summed E-state index contributed by atoms with van der Waals surface area (Å²) in [5.74, 6) is 3.80. The van der Waals surface area contributed by atoms with E-state index in [0.717, 1.165) is 28.5 Å². The van der Waals surface area contributed by atoms with Crippen molar-refractivity contribution in [3.8, 4) is 23.0 Å². The standard InChI is InChI=1S/C25H23BO2/c1-25(14-5-2-6-15-25)17-12-13-19-23(16-17)28-22-11-7-10-21-24(22)26(19)18-8-3-4-9-20(18)27-21/h3-4,7-13,16H,2,5-6,14-15H2,1H3. The molecule has 3 aromatic carbocycles. The fraction of sp³-hybridized carbons (Fsp3) is 0.280. The van der Waals surface area contributed by atoms with Crippen LogP contribution in [0.1, 0.15) is 44.6 Å². The number of benzene rings is 3. The Morgan fingerprint density at radius 3 is 2.21 bits per heavy atom. The summed E-state index contributed by atoms with van der Waals surface area (Å²) in [5, 5.41) is 0. The third-order valence-electron chi connectivity index (χ3n) is 6.96. The van der Waals surface area contributed by atoms with Gasteiger partial charge in [0.15, 0.2) is 0 Å². The van der Waals surface area contributed by atoms with Gasteiger partial charge < -0.3 is 9.47 Å². The van der Waals surface area contributed by atoms with Gasteiger partial charge in [-0.1, -0.05) is 62.6 Å². The molecule has 3 heteroatoms. The Balaban J connectivity index is 1.53. The maximum absolute atomic E-state index is 6.44. The normalized spacial score (nSPS) is 18.2. The van der Waals surface area contributed by atoms with Crippen LogP contribution in [0.25, 0.3) is 0 Å². The van der Waals surface area contributed by atoms with Crippen molar-refractivity contribution in [2.45, 2.75) is 44.4 Å². The molecule has 0 N–H and O–H groups in total. The van der Waals surface area contributed by atoms with Crippen LogP contribution in [0.2, 0.25) is 0 Å². The van der Waals surface area contributed by atoms with E-state index in [4.69, 9.17) is 9.47 Å². The number of hydrogen-bond donors (Lipinski definition) is 0. The van der Waals surface area contributed by atoms with Crippen molar-refractivity contribution in [2.75, 3.05) is 0 Å². The molecule has 0 amide bonds. The maximum atomic E-state index is 6.44. The molecule has 0 aromatic heterocycles. The van der Waals surface area contributed by atoms with Crippen molar-refractivity contribution < 1.29 is 9.47 Å². The lowest BCUT2D eigenvalue weighted by molar-refractivity contribution is 0.318. The molecule has 2 heterocycles. The first kappa shape index (κ1) is 16.3. The van der Waals surface area contributed by atoms with E-state index in [-0.39, 0.29) is 12.1 Å². The molecule has 0 spiro atoms. The molecule has 1 aliphatic carbocycles. The molecule has 138 valence electrons. The summed E-state index contributed by atoms with van der Waals surface area (Å²) >= 11 is 0. The van der Waals surface area contributed by atoms with Gasteiger partial charge >= 0.3 is 0 Å². The van der Waals surface area contributed by atoms with E-state index in [1.165, 1.54) is 48.6 Å². The van der Waals surface area contributed by atoms with E-state index < -0.39 is 0 Å². The summed E-state index contributed by atoms with van der Waals surface area (Å²) in [4.78, 5) is 0. The van der Waals surface area contributed by atoms with Crippen molar-refractivity contribution in [2.24, 2.45) is 0 Å². The number of hydrogen-bond acceptors (Lipinski definition) is 2. The van der Waals surface area contributed by atoms with E-state index >= 15 is 0 Å². The zero-order chi connectivity index (χ0) is 18.7. The van der Waals surface area contributed by atoms with Crippen molar-refractivity contribution in [1.29, 1.82) is 0 Å². The van der Waals surface area contributed by atoms with Crippen LogP contribution in [0, 0.1) is 0 Å². The van der Waals surface area contributed by atoms with Gasteiger partial charge in [0.25, 0.3) is 6.71 Å². The fourth-order valence-electron chi connectivity index (χ4n) is 5.37. The van der Waals surface area contributed by atoms with Crippen LogP contribution in [0.4, 0.5) is 0 Å². The highest BCUT2D eigenvalue weighted by Gasteiger charge is 2.40. The second-order valence-electron chi connectivity index (χ2n) is 8.72. The summed E-state index contributed by atoms with van der Waals surface area (Å²) in [7, 11) is 0. The molecular weight excluding hydrogens is 343 g/mol. The Labute approximate surface area is 166 Å². The summed E-state index contributed by atoms with van der Waals surface area (Å²) < 4.78 is 12.6. The zero-order valence-electron chi connectivity index (χ0n) is 16.2. The van der Waals surface area contributed by atoms with Gasteiger partial charge in [-0.05, 0) is 59.0 Å². The minimum absolute atomic E-state index is 0.174. The van der Waals surface area contributed by atoms with E-state index in [0.29, 0.717) is 0 Å². The Hall–Kier alpha value is -2.68. The summed E-state index contributed by atoms with van der Waals surface area (Å²) in [6.07, 6.45) is 6.56. The topological polar surface area (TPSA) is 18.5 Å². The molecule has 6 rings (SSSR count). The van der Waals surface area contributed by atoms with E-state index in [9.17, 15) is 0 Å². The molecule has 2 nitrogen and oxygen atoms in total. The van der Waals surface area contributed by atoms with Gasteiger partial charge in [0.05, 0.1) is 0 Å². The number of fused-ring (bicyclic) bond motifs is 4. The average Bonchev–Trinajstić information content (AvgIpc) is 2.73. The predicted octanol–water partition coefficient (Wildman–Crippen LogP) is 4.64. The molecule has 0 bridgehead atoms. The van der Waals surface area contributed by atoms with Crippen LogP contribution in [0.5, 0.6) is 23.0 Å². The van der Waals surface area contributed by atoms with Crippen LogP contribution in [-0.4, -0.2) is 6.71 Å². The van der Waals surface area contributed by atoms with Gasteiger partial charge in [-0.2, -0.15) is 0 Å². The van der Waals surface area contributed by atoms with Crippen molar-refractivity contribution in [3.05, 3.63) is 66.2 Å². The molecule has 1 saturated carbocycles. The fourth-order valence-corrected chi connectivity index (χ4v) is 5.37. The quantitative estimate of drug-likeness (QED) is 0.403. The largest absolute Gasteiger partial charge is 0.458 e. The zero-order valence-corrected chi connectivity index (χ0v) is 16.2. The lowest BCUT2D eigenvalue weighted by Gasteiger charge is -2.36. The van der Waals surface area contributed by atoms with Crippen molar-refractivity contribution in [3.63, 3.8) is 0 Å². The highest BCUT2D eigenvalue weighted by atomic mass is 16.5. The van der Waals surface area contributed by atoms with Gasteiger partial charge in [0.2, 0.25) is 0 Å². The smallest absolute Gasteiger partial charge is 0.260 e. The predicted molar refractivity (Wildman–Crippen MR) is 115 cm³/mol. The number of ether oxygens (including phenoxy) is 2. The summed E-state index contributed by atoms with van der Waals surface area (Å²) in [6.45, 7) is 2.60. The Morgan fingerprint density at radius 2 is 1.39 bits per heavy atom. The highest BCUT2D eigenvalue weighted by Crippen LogP contribution is 2.41. The van der Waals surface area contributed by atoms with E-state index in [1.54, 1.807) is 0 Å². The molecule has 2 aliphatic heterocycles. The minimum Gasteiger partial charge on any atom is -0.458 e. The number of rotatable bonds is 1. The van der Waals surface area contributed by atoms with Gasteiger partial charge in [0, 0.05) is 5.46 Å². The molecule has 28 heavy (non-hydrogen) atoms. The SMILES string of the molecule is CC1(c2ccc3c(c2)Oc2cccc4c2B3c2ccccc2O4)CCCCC1. The van der Waals surface area contributed by atoms with E-state index in [2.05, 4.69) is 49.4 Å². The lowest BCUT2D eigenvalue weighted by atomic mass is 9.35. The van der Waals surface area contributed by atoms with Crippen molar-refractivity contribution >= 4 is 23.1 Å². The second kappa shape index (κ2) is 5.91. The van der Waals surface area contributed by atoms with Crippen LogP contribution in [-0.2, 0) is 5.41 Å². The Bertz CT molecular complexity index is 1080. The second-order valence-corrected chi connectivity index (χ2v) is 8.72. The van der Waals surface area contributed by atoms with Gasteiger partial charge in [0.1, 0.15) is 23.0 Å². The highest BCUT2D eigenvalue weighted by molar-refractivity contribution is 6.98. The molecular formula is C25H23BO2. The number of para-hydroxylation sites is 1. The Morgan fingerprint density at radius 1 is 0.714 bits per heavy atom. The van der Waals surface area contributed by atoms with Gasteiger partial charge in [-0.25, -0.2) is 0 Å². The summed E-state index contributed by atoms with van der Waals surface area (Å²) in [6, 6.07) is 21.5. The average molecular weight is 366 g/mol. The third-order valence-corrected chi connectivity index (χ3v) is 6.96. The maximum Gasteiger partial charge on any atom is 0.260 e. The van der Waals surface area contributed by atoms with Crippen molar-refractivity contribution in [1.82, 2.24) is 0 Å². The van der Waals surface area contributed by atoms with Crippen LogP contribution in [0.3, 0.4) is 0 Å². The first-order valence-electron chi connectivity index (χ1n) is 10.4. The first-order chi connectivity index (χ1) is 13.7. The molecule has 3 aliphatic rings. The van der Waals surface area contributed by atoms with Gasteiger partial charge in [-0.3, -0.25) is 0 Å². The Kier molecular flexibility index (Phi) is 3.44. The van der Waals surface area contributed by atoms with Crippen LogP contribution >= 0.6 is 0 Å². The van der Waals surface area contributed by atoms with Crippen LogP contribution in [0.15, 0.2) is 60.7 Å². The molecule has 0 unspecified atom stereocenters. The first-order valence-corrected chi connectivity index (χ1v) is 10.4. The summed E-state index contributed by atoms with van der Waals surface area (Å²) in [5.41, 5.74) is 5.32.